The summed E-state index contributed by atoms with van der Waals surface area (Å²) in [5.74, 6) is 1.05. The van der Waals surface area contributed by atoms with E-state index in [0.717, 1.165) is 29.0 Å². The number of benzene rings is 1. The van der Waals surface area contributed by atoms with Crippen LogP contribution in [-0.2, 0) is 19.9 Å². The van der Waals surface area contributed by atoms with E-state index in [4.69, 9.17) is 0 Å². The Hall–Kier alpha value is -1.09. The van der Waals surface area contributed by atoms with Crippen LogP contribution >= 0.6 is 15.9 Å². The quantitative estimate of drug-likeness (QED) is 0.841. The molecular formula is C15H19BrN2. The minimum absolute atomic E-state index is 0.978. The van der Waals surface area contributed by atoms with E-state index in [0.29, 0.717) is 0 Å². The molecule has 0 spiro atoms. The van der Waals surface area contributed by atoms with Crippen LogP contribution < -0.4 is 0 Å². The first-order valence-electron chi connectivity index (χ1n) is 6.23. The molecule has 1 heterocycles. The lowest BCUT2D eigenvalue weighted by molar-refractivity contribution is 0.838. The molecule has 2 nitrogen and oxygen atoms in total. The first kappa shape index (κ1) is 13.3. The van der Waals surface area contributed by atoms with Crippen LogP contribution in [0.5, 0.6) is 0 Å². The molecule has 96 valence electrons. The van der Waals surface area contributed by atoms with E-state index >= 15 is 0 Å². The van der Waals surface area contributed by atoms with Gasteiger partial charge in [-0.3, -0.25) is 0 Å². The summed E-state index contributed by atoms with van der Waals surface area (Å²) < 4.78 is 3.18. The first-order chi connectivity index (χ1) is 8.49. The zero-order chi connectivity index (χ0) is 13.3. The summed E-state index contributed by atoms with van der Waals surface area (Å²) in [6.45, 7) is 6.35. The molecule has 0 aliphatic heterocycles. The molecule has 0 atom stereocenters. The van der Waals surface area contributed by atoms with Crippen molar-refractivity contribution in [3.05, 3.63) is 51.0 Å². The smallest absolute Gasteiger partial charge is 0.108 e. The van der Waals surface area contributed by atoms with Gasteiger partial charge >= 0.3 is 0 Å². The van der Waals surface area contributed by atoms with Crippen molar-refractivity contribution in [2.75, 3.05) is 0 Å². The van der Waals surface area contributed by atoms with E-state index < -0.39 is 0 Å². The number of nitrogens with zero attached hydrogens (tertiary/aromatic N) is 2. The average molecular weight is 307 g/mol. The molecule has 0 bridgehead atoms. The fourth-order valence-electron chi connectivity index (χ4n) is 2.19. The number of aryl methyl sites for hydroxylation is 5. The highest BCUT2D eigenvalue weighted by Crippen LogP contribution is 2.20. The Bertz CT molecular complexity index is 570. The lowest BCUT2D eigenvalue weighted by Gasteiger charge is -2.06. The van der Waals surface area contributed by atoms with Gasteiger partial charge in [-0.05, 0) is 60.7 Å². The summed E-state index contributed by atoms with van der Waals surface area (Å²) in [5.41, 5.74) is 5.26. The van der Waals surface area contributed by atoms with E-state index in [1.165, 1.54) is 16.7 Å². The van der Waals surface area contributed by atoms with Crippen LogP contribution in [0.25, 0.3) is 0 Å². The van der Waals surface area contributed by atoms with Gasteiger partial charge in [-0.15, -0.1) is 0 Å². The fraction of sp³-hybridized carbons (Fsp3) is 0.400. The Balaban J connectivity index is 2.14. The Labute approximate surface area is 117 Å². The van der Waals surface area contributed by atoms with Gasteiger partial charge in [-0.1, -0.05) is 23.8 Å². The largest absolute Gasteiger partial charge is 0.326 e. The Morgan fingerprint density at radius 3 is 2.44 bits per heavy atom. The third-order valence-corrected chi connectivity index (χ3v) is 4.43. The summed E-state index contributed by atoms with van der Waals surface area (Å²) in [6, 6.07) is 6.66. The van der Waals surface area contributed by atoms with Gasteiger partial charge in [0.1, 0.15) is 10.4 Å². The highest BCUT2D eigenvalue weighted by Gasteiger charge is 2.10. The summed E-state index contributed by atoms with van der Waals surface area (Å²) >= 11 is 3.61. The predicted molar refractivity (Wildman–Crippen MR) is 79.0 cm³/mol. The number of halogens is 1. The van der Waals surface area contributed by atoms with Crippen molar-refractivity contribution in [3.8, 4) is 0 Å². The van der Waals surface area contributed by atoms with Crippen molar-refractivity contribution in [1.29, 1.82) is 0 Å². The number of rotatable bonds is 3. The van der Waals surface area contributed by atoms with Crippen LogP contribution in [0.15, 0.2) is 22.8 Å². The second-order valence-corrected chi connectivity index (χ2v) is 5.64. The second-order valence-electron chi connectivity index (χ2n) is 4.89. The van der Waals surface area contributed by atoms with Crippen molar-refractivity contribution in [1.82, 2.24) is 9.55 Å². The minimum atomic E-state index is 0.978. The minimum Gasteiger partial charge on any atom is -0.326 e. The molecule has 0 amide bonds. The maximum absolute atomic E-state index is 4.59. The van der Waals surface area contributed by atoms with Gasteiger partial charge in [0, 0.05) is 7.05 Å². The molecule has 0 saturated carbocycles. The van der Waals surface area contributed by atoms with E-state index in [2.05, 4.69) is 57.5 Å². The molecule has 0 unspecified atom stereocenters. The van der Waals surface area contributed by atoms with Gasteiger partial charge in [0.15, 0.2) is 0 Å². The average Bonchev–Trinajstić information content (AvgIpc) is 2.56. The van der Waals surface area contributed by atoms with E-state index in [9.17, 15) is 0 Å². The van der Waals surface area contributed by atoms with Crippen LogP contribution in [0.2, 0.25) is 0 Å². The zero-order valence-corrected chi connectivity index (χ0v) is 13.0. The fourth-order valence-corrected chi connectivity index (χ4v) is 2.73. The highest BCUT2D eigenvalue weighted by atomic mass is 79.9. The topological polar surface area (TPSA) is 17.8 Å². The molecule has 0 radical (unpaired) electrons. The molecule has 0 aliphatic rings. The molecular weight excluding hydrogens is 288 g/mol. The maximum Gasteiger partial charge on any atom is 0.108 e. The predicted octanol–water partition coefficient (Wildman–Crippen LogP) is 3.89. The van der Waals surface area contributed by atoms with Crippen molar-refractivity contribution >= 4 is 15.9 Å². The summed E-state index contributed by atoms with van der Waals surface area (Å²) in [6.07, 6.45) is 2.02. The number of aromatic nitrogens is 2. The van der Waals surface area contributed by atoms with Gasteiger partial charge in [-0.25, -0.2) is 4.98 Å². The summed E-state index contributed by atoms with van der Waals surface area (Å²) in [5, 5.41) is 0. The van der Waals surface area contributed by atoms with Crippen molar-refractivity contribution in [3.63, 3.8) is 0 Å². The second kappa shape index (κ2) is 5.27. The molecule has 1 aromatic carbocycles. The van der Waals surface area contributed by atoms with Crippen LogP contribution in [0.1, 0.15) is 28.2 Å². The maximum atomic E-state index is 4.59. The number of hydrogen-bond donors (Lipinski definition) is 0. The lowest BCUT2D eigenvalue weighted by atomic mass is 10.0. The van der Waals surface area contributed by atoms with Crippen molar-refractivity contribution in [2.24, 2.45) is 7.05 Å². The van der Waals surface area contributed by atoms with Gasteiger partial charge < -0.3 is 4.57 Å². The number of hydrogen-bond acceptors (Lipinski definition) is 1. The molecule has 0 N–H and O–H groups in total. The molecule has 0 saturated heterocycles. The molecule has 3 heteroatoms. The SMILES string of the molecule is Cc1ccc(CCc2nc(C)n(C)c2Br)c(C)c1. The molecule has 2 aromatic rings. The van der Waals surface area contributed by atoms with Crippen molar-refractivity contribution < 1.29 is 0 Å². The Kier molecular flexibility index (Phi) is 3.91. The van der Waals surface area contributed by atoms with Gasteiger partial charge in [0.2, 0.25) is 0 Å². The summed E-state index contributed by atoms with van der Waals surface area (Å²) in [4.78, 5) is 4.59. The normalized spacial score (nSPS) is 10.9. The molecule has 0 aliphatic carbocycles. The van der Waals surface area contributed by atoms with Crippen LogP contribution in [-0.4, -0.2) is 9.55 Å². The van der Waals surface area contributed by atoms with Crippen LogP contribution in [0.4, 0.5) is 0 Å². The standard InChI is InChI=1S/C15H19BrN2/c1-10-5-6-13(11(2)9-10)7-8-14-15(16)18(4)12(3)17-14/h5-6,9H,7-8H2,1-4H3. The van der Waals surface area contributed by atoms with E-state index in [-0.39, 0.29) is 0 Å². The van der Waals surface area contributed by atoms with Gasteiger partial charge in [-0.2, -0.15) is 0 Å². The summed E-state index contributed by atoms with van der Waals surface area (Å²) in [7, 11) is 2.03. The monoisotopic (exact) mass is 306 g/mol. The number of imidazole rings is 1. The molecule has 2 rings (SSSR count). The van der Waals surface area contributed by atoms with Gasteiger partial charge in [0.25, 0.3) is 0 Å². The Morgan fingerprint density at radius 2 is 1.89 bits per heavy atom. The van der Waals surface area contributed by atoms with Crippen LogP contribution in [0, 0.1) is 20.8 Å². The first-order valence-corrected chi connectivity index (χ1v) is 7.02. The van der Waals surface area contributed by atoms with Gasteiger partial charge in [0.05, 0.1) is 5.69 Å². The lowest BCUT2D eigenvalue weighted by Crippen LogP contribution is -1.96. The molecule has 1 aromatic heterocycles. The van der Waals surface area contributed by atoms with Crippen molar-refractivity contribution in [2.45, 2.75) is 33.6 Å². The van der Waals surface area contributed by atoms with E-state index in [1.54, 1.807) is 0 Å². The third kappa shape index (κ3) is 2.66. The highest BCUT2D eigenvalue weighted by molar-refractivity contribution is 9.10. The zero-order valence-electron chi connectivity index (χ0n) is 11.4. The van der Waals surface area contributed by atoms with E-state index in [1.807, 2.05) is 14.0 Å². The molecule has 18 heavy (non-hydrogen) atoms. The Morgan fingerprint density at radius 1 is 1.17 bits per heavy atom. The van der Waals surface area contributed by atoms with Crippen LogP contribution in [0.3, 0.4) is 0 Å². The molecule has 0 fully saturated rings. The third-order valence-electron chi connectivity index (χ3n) is 3.44.